The highest BCUT2D eigenvalue weighted by Crippen LogP contribution is 2.31. The summed E-state index contributed by atoms with van der Waals surface area (Å²) in [6.45, 7) is 3.92. The molecule has 7 nitrogen and oxygen atoms in total. The molecule has 1 aliphatic rings. The summed E-state index contributed by atoms with van der Waals surface area (Å²) in [6.07, 6.45) is 14.6. The Balaban J connectivity index is 1.61. The maximum atomic E-state index is 5.39. The van der Waals surface area contributed by atoms with Crippen molar-refractivity contribution in [2.45, 2.75) is 64.3 Å². The van der Waals surface area contributed by atoms with Gasteiger partial charge in [-0.2, -0.15) is 4.98 Å². The molecule has 0 amide bonds. The van der Waals surface area contributed by atoms with E-state index >= 15 is 0 Å². The SMILES string of the molecule is CC[C@H](c1nc(C)no1)n1ccnc1-c1cnc(C2CCCCC2)nc1. The van der Waals surface area contributed by atoms with Crippen LogP contribution < -0.4 is 0 Å². The largest absolute Gasteiger partial charge is 0.337 e. The molecule has 136 valence electrons. The molecule has 26 heavy (non-hydrogen) atoms. The molecule has 3 heterocycles. The van der Waals surface area contributed by atoms with Crippen molar-refractivity contribution in [2.75, 3.05) is 0 Å². The summed E-state index contributed by atoms with van der Waals surface area (Å²) >= 11 is 0. The molecule has 0 radical (unpaired) electrons. The minimum atomic E-state index is -0.0493. The fourth-order valence-electron chi connectivity index (χ4n) is 3.75. The lowest BCUT2D eigenvalue weighted by Gasteiger charge is -2.20. The smallest absolute Gasteiger partial charge is 0.249 e. The van der Waals surface area contributed by atoms with Crippen LogP contribution in [0.5, 0.6) is 0 Å². The average Bonchev–Trinajstić information content (AvgIpc) is 3.33. The van der Waals surface area contributed by atoms with Crippen molar-refractivity contribution in [1.82, 2.24) is 29.7 Å². The predicted octanol–water partition coefficient (Wildman–Crippen LogP) is 4.08. The van der Waals surface area contributed by atoms with E-state index in [1.807, 2.05) is 25.5 Å². The van der Waals surface area contributed by atoms with Crippen LogP contribution in [0.4, 0.5) is 0 Å². The molecule has 0 bridgehead atoms. The monoisotopic (exact) mass is 352 g/mol. The number of nitrogens with zero attached hydrogens (tertiary/aromatic N) is 6. The summed E-state index contributed by atoms with van der Waals surface area (Å²) in [5, 5.41) is 3.92. The minimum Gasteiger partial charge on any atom is -0.337 e. The van der Waals surface area contributed by atoms with Crippen molar-refractivity contribution in [3.8, 4) is 11.4 Å². The van der Waals surface area contributed by atoms with E-state index in [0.717, 1.165) is 23.6 Å². The summed E-state index contributed by atoms with van der Waals surface area (Å²) in [4.78, 5) is 18.2. The van der Waals surface area contributed by atoms with E-state index in [1.54, 1.807) is 6.20 Å². The van der Waals surface area contributed by atoms with Gasteiger partial charge in [-0.25, -0.2) is 15.0 Å². The quantitative estimate of drug-likeness (QED) is 0.688. The van der Waals surface area contributed by atoms with E-state index in [-0.39, 0.29) is 6.04 Å². The highest BCUT2D eigenvalue weighted by atomic mass is 16.5. The van der Waals surface area contributed by atoms with Gasteiger partial charge >= 0.3 is 0 Å². The number of aromatic nitrogens is 6. The van der Waals surface area contributed by atoms with Gasteiger partial charge in [0.1, 0.15) is 17.7 Å². The highest BCUT2D eigenvalue weighted by molar-refractivity contribution is 5.53. The van der Waals surface area contributed by atoms with Crippen molar-refractivity contribution in [3.63, 3.8) is 0 Å². The zero-order valence-corrected chi connectivity index (χ0v) is 15.3. The molecule has 0 spiro atoms. The molecule has 7 heteroatoms. The second kappa shape index (κ2) is 7.35. The van der Waals surface area contributed by atoms with Crippen molar-refractivity contribution >= 4 is 0 Å². The number of imidazole rings is 1. The van der Waals surface area contributed by atoms with Gasteiger partial charge in [0.15, 0.2) is 5.82 Å². The first-order chi connectivity index (χ1) is 12.8. The molecule has 1 saturated carbocycles. The highest BCUT2D eigenvalue weighted by Gasteiger charge is 2.23. The second-order valence-corrected chi connectivity index (χ2v) is 6.93. The third-order valence-corrected chi connectivity index (χ3v) is 5.12. The van der Waals surface area contributed by atoms with Gasteiger partial charge in [-0.1, -0.05) is 31.3 Å². The van der Waals surface area contributed by atoms with E-state index in [4.69, 9.17) is 4.52 Å². The van der Waals surface area contributed by atoms with Gasteiger partial charge in [-0.15, -0.1) is 0 Å². The van der Waals surface area contributed by atoms with E-state index in [1.165, 1.54) is 32.1 Å². The van der Waals surface area contributed by atoms with Crippen molar-refractivity contribution < 1.29 is 4.52 Å². The van der Waals surface area contributed by atoms with Gasteiger partial charge in [0.05, 0.1) is 5.56 Å². The molecule has 0 unspecified atom stereocenters. The maximum Gasteiger partial charge on any atom is 0.249 e. The molecule has 3 aromatic heterocycles. The molecule has 3 aromatic rings. The lowest BCUT2D eigenvalue weighted by atomic mass is 9.89. The maximum absolute atomic E-state index is 5.39. The summed E-state index contributed by atoms with van der Waals surface area (Å²) in [6, 6.07) is -0.0493. The predicted molar refractivity (Wildman–Crippen MR) is 96.5 cm³/mol. The zero-order valence-electron chi connectivity index (χ0n) is 15.3. The Morgan fingerprint density at radius 2 is 1.92 bits per heavy atom. The molecular weight excluding hydrogens is 328 g/mol. The van der Waals surface area contributed by atoms with E-state index in [0.29, 0.717) is 17.6 Å². The Labute approximate surface area is 152 Å². The van der Waals surface area contributed by atoms with Crippen LogP contribution >= 0.6 is 0 Å². The lowest BCUT2D eigenvalue weighted by molar-refractivity contribution is 0.331. The third kappa shape index (κ3) is 3.25. The third-order valence-electron chi connectivity index (χ3n) is 5.12. The molecule has 4 rings (SSSR count). The van der Waals surface area contributed by atoms with Gasteiger partial charge in [-0.3, -0.25) is 0 Å². The average molecular weight is 352 g/mol. The van der Waals surface area contributed by atoms with Crippen molar-refractivity contribution in [3.05, 3.63) is 42.3 Å². The second-order valence-electron chi connectivity index (χ2n) is 6.93. The van der Waals surface area contributed by atoms with Crippen LogP contribution in [0.1, 0.15) is 74.9 Å². The van der Waals surface area contributed by atoms with Crippen LogP contribution in [-0.2, 0) is 0 Å². The Hall–Kier alpha value is -2.57. The van der Waals surface area contributed by atoms with Crippen molar-refractivity contribution in [1.29, 1.82) is 0 Å². The first-order valence-corrected chi connectivity index (χ1v) is 9.41. The Kier molecular flexibility index (Phi) is 4.77. The Morgan fingerprint density at radius 1 is 1.15 bits per heavy atom. The van der Waals surface area contributed by atoms with Gasteiger partial charge in [0.25, 0.3) is 0 Å². The summed E-state index contributed by atoms with van der Waals surface area (Å²) < 4.78 is 7.45. The topological polar surface area (TPSA) is 82.5 Å². The summed E-state index contributed by atoms with van der Waals surface area (Å²) in [5.74, 6) is 3.53. The van der Waals surface area contributed by atoms with Gasteiger partial charge in [0.2, 0.25) is 5.89 Å². The summed E-state index contributed by atoms with van der Waals surface area (Å²) in [5.41, 5.74) is 0.907. The molecule has 1 atom stereocenters. The van der Waals surface area contributed by atoms with Crippen molar-refractivity contribution in [2.24, 2.45) is 0 Å². The first kappa shape index (κ1) is 16.9. The van der Waals surface area contributed by atoms with Crippen LogP contribution in [0.2, 0.25) is 0 Å². The van der Waals surface area contributed by atoms with Crippen LogP contribution in [-0.4, -0.2) is 29.7 Å². The molecular formula is C19H24N6O. The fraction of sp³-hybridized carbons (Fsp3) is 0.526. The molecule has 1 fully saturated rings. The number of aryl methyl sites for hydroxylation is 1. The van der Waals surface area contributed by atoms with Gasteiger partial charge in [-0.05, 0) is 26.2 Å². The fourth-order valence-corrected chi connectivity index (χ4v) is 3.75. The Morgan fingerprint density at radius 3 is 2.58 bits per heavy atom. The number of rotatable bonds is 5. The molecule has 0 aliphatic heterocycles. The number of hydrogen-bond donors (Lipinski definition) is 0. The first-order valence-electron chi connectivity index (χ1n) is 9.41. The zero-order chi connectivity index (χ0) is 17.9. The van der Waals surface area contributed by atoms with E-state index in [9.17, 15) is 0 Å². The van der Waals surface area contributed by atoms with Crippen LogP contribution in [0, 0.1) is 6.92 Å². The van der Waals surface area contributed by atoms with Crippen LogP contribution in [0.25, 0.3) is 11.4 Å². The van der Waals surface area contributed by atoms with E-state index < -0.39 is 0 Å². The van der Waals surface area contributed by atoms with Crippen LogP contribution in [0.3, 0.4) is 0 Å². The molecule has 0 N–H and O–H groups in total. The van der Waals surface area contributed by atoms with E-state index in [2.05, 4.69) is 36.6 Å². The standard InChI is InChI=1S/C19H24N6O/c1-3-16(19-23-13(2)24-26-19)25-10-9-20-18(25)15-11-21-17(22-12-15)14-7-5-4-6-8-14/h9-12,14,16H,3-8H2,1-2H3/t16-/m1/s1. The van der Waals surface area contributed by atoms with Gasteiger partial charge in [0, 0.05) is 30.7 Å². The minimum absolute atomic E-state index is 0.0493. The van der Waals surface area contributed by atoms with Gasteiger partial charge < -0.3 is 9.09 Å². The summed E-state index contributed by atoms with van der Waals surface area (Å²) in [7, 11) is 0. The molecule has 1 aliphatic carbocycles. The lowest BCUT2D eigenvalue weighted by Crippen LogP contribution is -2.12. The number of hydrogen-bond acceptors (Lipinski definition) is 6. The molecule has 0 saturated heterocycles. The van der Waals surface area contributed by atoms with Crippen LogP contribution in [0.15, 0.2) is 29.3 Å². The molecule has 0 aromatic carbocycles. The normalized spacial score (nSPS) is 16.7. The Bertz CT molecular complexity index is 847.